The molecule has 1 aromatic carbocycles. The van der Waals surface area contributed by atoms with Gasteiger partial charge in [0, 0.05) is 0 Å². The van der Waals surface area contributed by atoms with Crippen LogP contribution in [0.5, 0.6) is 0 Å². The Balaban J connectivity index is 2.33. The number of rotatable bonds is 3. The highest BCUT2D eigenvalue weighted by atomic mass is 79.9. The lowest BCUT2D eigenvalue weighted by Gasteiger charge is -2.05. The first-order valence-electron chi connectivity index (χ1n) is 4.93. The molecule has 7 heteroatoms. The number of halogens is 2. The fourth-order valence-electron chi connectivity index (χ4n) is 1.38. The molecule has 0 unspecified atom stereocenters. The van der Waals surface area contributed by atoms with E-state index in [1.54, 1.807) is 18.2 Å². The number of sulfone groups is 1. The van der Waals surface area contributed by atoms with Crippen molar-refractivity contribution in [3.63, 3.8) is 0 Å². The molecular weight excluding hydrogens is 340 g/mol. The molecule has 0 amide bonds. The zero-order chi connectivity index (χ0) is 13.2. The molecule has 0 radical (unpaired) electrons. The fraction of sp³-hybridized carbons (Fsp3) is 0.0909. The quantitative estimate of drug-likeness (QED) is 0.856. The van der Waals surface area contributed by atoms with Crippen molar-refractivity contribution >= 4 is 37.4 Å². The van der Waals surface area contributed by atoms with Gasteiger partial charge in [-0.2, -0.15) is 0 Å². The molecule has 0 saturated heterocycles. The molecule has 0 spiro atoms. The monoisotopic (exact) mass is 346 g/mol. The number of benzene rings is 1. The van der Waals surface area contributed by atoms with Crippen LogP contribution in [0.25, 0.3) is 0 Å². The molecule has 18 heavy (non-hydrogen) atoms. The topological polar surface area (TPSA) is 59.9 Å². The third-order valence-corrected chi connectivity index (χ3v) is 4.74. The van der Waals surface area contributed by atoms with Gasteiger partial charge in [-0.1, -0.05) is 23.7 Å². The van der Waals surface area contributed by atoms with E-state index in [0.717, 1.165) is 0 Å². The van der Waals surface area contributed by atoms with E-state index in [1.807, 2.05) is 0 Å². The number of hydrogen-bond donors (Lipinski definition) is 0. The second-order valence-corrected chi connectivity index (χ2v) is 6.70. The van der Waals surface area contributed by atoms with Gasteiger partial charge in [0.25, 0.3) is 0 Å². The Morgan fingerprint density at radius 3 is 2.50 bits per heavy atom. The van der Waals surface area contributed by atoms with E-state index < -0.39 is 9.84 Å². The van der Waals surface area contributed by atoms with Crippen molar-refractivity contribution in [1.82, 2.24) is 9.97 Å². The summed E-state index contributed by atoms with van der Waals surface area (Å²) in [5.41, 5.74) is 0.373. The highest BCUT2D eigenvalue weighted by molar-refractivity contribution is 9.10. The average molecular weight is 348 g/mol. The van der Waals surface area contributed by atoms with Crippen molar-refractivity contribution in [1.29, 1.82) is 0 Å². The maximum absolute atomic E-state index is 12.1. The van der Waals surface area contributed by atoms with E-state index in [9.17, 15) is 8.42 Å². The van der Waals surface area contributed by atoms with E-state index in [2.05, 4.69) is 25.9 Å². The van der Waals surface area contributed by atoms with Crippen molar-refractivity contribution in [2.75, 3.05) is 0 Å². The van der Waals surface area contributed by atoms with E-state index in [4.69, 9.17) is 11.6 Å². The molecule has 0 atom stereocenters. The normalized spacial score (nSPS) is 11.4. The van der Waals surface area contributed by atoms with Gasteiger partial charge in [0.2, 0.25) is 0 Å². The standard InChI is InChI=1S/C11H8BrClN2O2S/c12-11-6-14-8(5-15-11)7-18(16,17)10-4-2-1-3-9(10)13/h1-6H,7H2. The predicted molar refractivity (Wildman–Crippen MR) is 72.1 cm³/mol. The lowest BCUT2D eigenvalue weighted by Crippen LogP contribution is -2.07. The van der Waals surface area contributed by atoms with Gasteiger partial charge in [-0.05, 0) is 28.1 Å². The molecule has 1 heterocycles. The fourth-order valence-corrected chi connectivity index (χ4v) is 3.42. The van der Waals surface area contributed by atoms with Crippen LogP contribution in [0.2, 0.25) is 5.02 Å². The Morgan fingerprint density at radius 1 is 1.17 bits per heavy atom. The SMILES string of the molecule is O=S(=O)(Cc1cnc(Br)cn1)c1ccccc1Cl. The summed E-state index contributed by atoms with van der Waals surface area (Å²) in [5.74, 6) is -0.225. The summed E-state index contributed by atoms with van der Waals surface area (Å²) >= 11 is 9.01. The van der Waals surface area contributed by atoms with Gasteiger partial charge in [-0.3, -0.25) is 4.98 Å². The first-order chi connectivity index (χ1) is 8.49. The van der Waals surface area contributed by atoms with Gasteiger partial charge in [-0.15, -0.1) is 0 Å². The van der Waals surface area contributed by atoms with Crippen LogP contribution in [0, 0.1) is 0 Å². The Morgan fingerprint density at radius 2 is 1.89 bits per heavy atom. The summed E-state index contributed by atoms with van der Waals surface area (Å²) in [4.78, 5) is 8.03. The first-order valence-corrected chi connectivity index (χ1v) is 7.75. The number of hydrogen-bond acceptors (Lipinski definition) is 4. The second-order valence-electron chi connectivity index (χ2n) is 3.52. The first kappa shape index (κ1) is 13.5. The van der Waals surface area contributed by atoms with Crippen LogP contribution in [0.3, 0.4) is 0 Å². The van der Waals surface area contributed by atoms with Crippen LogP contribution >= 0.6 is 27.5 Å². The summed E-state index contributed by atoms with van der Waals surface area (Å²) in [6, 6.07) is 6.33. The molecule has 2 aromatic rings. The van der Waals surface area contributed by atoms with Crippen molar-refractivity contribution in [3.8, 4) is 0 Å². The smallest absolute Gasteiger partial charge is 0.185 e. The van der Waals surface area contributed by atoms with Gasteiger partial charge >= 0.3 is 0 Å². The van der Waals surface area contributed by atoms with Crippen molar-refractivity contribution in [2.45, 2.75) is 10.6 Å². The van der Waals surface area contributed by atoms with Crippen LogP contribution in [-0.2, 0) is 15.6 Å². The predicted octanol–water partition coefficient (Wildman–Crippen LogP) is 2.87. The Hall–Kier alpha value is -0.980. The third-order valence-electron chi connectivity index (χ3n) is 2.18. The average Bonchev–Trinajstić information content (AvgIpc) is 2.32. The molecule has 94 valence electrons. The van der Waals surface area contributed by atoms with Crippen LogP contribution in [0.1, 0.15) is 5.69 Å². The molecule has 0 aliphatic carbocycles. The second kappa shape index (κ2) is 5.34. The van der Waals surface area contributed by atoms with Crippen LogP contribution in [-0.4, -0.2) is 18.4 Å². The van der Waals surface area contributed by atoms with E-state index in [-0.39, 0.29) is 15.7 Å². The molecule has 0 saturated carbocycles. The number of aromatic nitrogens is 2. The van der Waals surface area contributed by atoms with Crippen LogP contribution < -0.4 is 0 Å². The lowest BCUT2D eigenvalue weighted by atomic mass is 10.4. The maximum Gasteiger partial charge on any atom is 0.185 e. The zero-order valence-electron chi connectivity index (χ0n) is 9.05. The van der Waals surface area contributed by atoms with Gasteiger partial charge in [-0.25, -0.2) is 13.4 Å². The molecular formula is C11H8BrClN2O2S. The van der Waals surface area contributed by atoms with Crippen molar-refractivity contribution < 1.29 is 8.42 Å². The lowest BCUT2D eigenvalue weighted by molar-refractivity contribution is 0.594. The zero-order valence-corrected chi connectivity index (χ0v) is 12.2. The maximum atomic E-state index is 12.1. The molecule has 1 aromatic heterocycles. The summed E-state index contributed by atoms with van der Waals surface area (Å²) in [6.45, 7) is 0. The highest BCUT2D eigenvalue weighted by Gasteiger charge is 2.19. The minimum atomic E-state index is -3.51. The molecule has 0 N–H and O–H groups in total. The summed E-state index contributed by atoms with van der Waals surface area (Å²) in [6.07, 6.45) is 2.87. The largest absolute Gasteiger partial charge is 0.256 e. The summed E-state index contributed by atoms with van der Waals surface area (Å²) in [5, 5.41) is 0.211. The summed E-state index contributed by atoms with van der Waals surface area (Å²) < 4.78 is 24.8. The molecule has 0 bridgehead atoms. The number of nitrogens with zero attached hydrogens (tertiary/aromatic N) is 2. The Bertz CT molecular complexity index is 659. The third kappa shape index (κ3) is 3.07. The molecule has 4 nitrogen and oxygen atoms in total. The van der Waals surface area contributed by atoms with Gasteiger partial charge in [0.05, 0.1) is 33.8 Å². The van der Waals surface area contributed by atoms with Gasteiger partial charge in [0.1, 0.15) is 4.60 Å². The summed E-state index contributed by atoms with van der Waals surface area (Å²) in [7, 11) is -3.51. The van der Waals surface area contributed by atoms with Crippen molar-refractivity contribution in [3.05, 3.63) is 52.0 Å². The van der Waals surface area contributed by atoms with Crippen LogP contribution in [0.15, 0.2) is 46.2 Å². The minimum Gasteiger partial charge on any atom is -0.256 e. The highest BCUT2D eigenvalue weighted by Crippen LogP contribution is 2.23. The molecule has 0 aliphatic rings. The molecule has 0 fully saturated rings. The van der Waals surface area contributed by atoms with Crippen LogP contribution in [0.4, 0.5) is 0 Å². The minimum absolute atomic E-state index is 0.108. The molecule has 0 aliphatic heterocycles. The van der Waals surface area contributed by atoms with Gasteiger partial charge in [0.15, 0.2) is 9.84 Å². The van der Waals surface area contributed by atoms with Crippen molar-refractivity contribution in [2.24, 2.45) is 0 Å². The van der Waals surface area contributed by atoms with E-state index in [0.29, 0.717) is 10.3 Å². The molecule has 2 rings (SSSR count). The van der Waals surface area contributed by atoms with E-state index in [1.165, 1.54) is 18.5 Å². The Kier molecular flexibility index (Phi) is 3.99. The Labute approximate surface area is 118 Å². The van der Waals surface area contributed by atoms with Gasteiger partial charge < -0.3 is 0 Å². The van der Waals surface area contributed by atoms with E-state index >= 15 is 0 Å².